The van der Waals surface area contributed by atoms with E-state index in [2.05, 4.69) is 13.0 Å². The maximum absolute atomic E-state index is 14.4. The summed E-state index contributed by atoms with van der Waals surface area (Å²) in [6.07, 6.45) is 7.77. The van der Waals surface area contributed by atoms with Crippen LogP contribution in [0.5, 0.6) is 5.75 Å². The van der Waals surface area contributed by atoms with E-state index < -0.39 is 11.6 Å². The fourth-order valence-corrected chi connectivity index (χ4v) is 3.52. The summed E-state index contributed by atoms with van der Waals surface area (Å²) in [6, 6.07) is 10.7. The number of halogens is 2. The zero-order chi connectivity index (χ0) is 19.9. The molecule has 4 heteroatoms. The van der Waals surface area contributed by atoms with Crippen molar-refractivity contribution in [2.24, 2.45) is 0 Å². The van der Waals surface area contributed by atoms with Crippen molar-refractivity contribution >= 4 is 0 Å². The van der Waals surface area contributed by atoms with Gasteiger partial charge in [-0.1, -0.05) is 44.0 Å². The van der Waals surface area contributed by atoms with E-state index in [-0.39, 0.29) is 11.3 Å². The number of unbranched alkanes of at least 4 members (excludes halogenated alkanes) is 2. The normalized spacial score (nSPS) is 16.4. The number of allylic oxidation sites excluding steroid dienone is 2. The lowest BCUT2D eigenvalue weighted by Crippen LogP contribution is -2.12. The molecule has 0 saturated heterocycles. The molecule has 2 aromatic rings. The highest BCUT2D eigenvalue weighted by Gasteiger charge is 2.19. The highest BCUT2D eigenvalue weighted by Crippen LogP contribution is 2.33. The summed E-state index contributed by atoms with van der Waals surface area (Å²) in [5.74, 6) is -0.468. The molecule has 0 radical (unpaired) electrons. The maximum Gasteiger partial charge on any atom is 0.201 e. The molecule has 1 unspecified atom stereocenters. The lowest BCUT2D eigenvalue weighted by Gasteiger charge is -2.23. The lowest BCUT2D eigenvalue weighted by molar-refractivity contribution is 0.165. The fourth-order valence-electron chi connectivity index (χ4n) is 3.52. The second kappa shape index (κ2) is 9.72. The van der Waals surface area contributed by atoms with Gasteiger partial charge in [0.15, 0.2) is 11.6 Å². The van der Waals surface area contributed by atoms with Crippen LogP contribution in [0.15, 0.2) is 48.2 Å². The van der Waals surface area contributed by atoms with Crippen LogP contribution in [-0.4, -0.2) is 13.2 Å². The number of hydrogen-bond acceptors (Lipinski definition) is 2. The zero-order valence-electron chi connectivity index (χ0n) is 16.6. The first kappa shape index (κ1) is 20.4. The van der Waals surface area contributed by atoms with Crippen molar-refractivity contribution < 1.29 is 18.3 Å². The number of benzene rings is 2. The van der Waals surface area contributed by atoms with Gasteiger partial charge in [-0.2, -0.15) is 4.39 Å². The monoisotopic (exact) mass is 386 g/mol. The van der Waals surface area contributed by atoms with Gasteiger partial charge in [-0.3, -0.25) is 0 Å². The van der Waals surface area contributed by atoms with Crippen LogP contribution in [0, 0.1) is 11.6 Å². The van der Waals surface area contributed by atoms with E-state index in [1.165, 1.54) is 25.3 Å². The molecule has 0 aliphatic carbocycles. The molecular formula is C24H28F2O2. The summed E-state index contributed by atoms with van der Waals surface area (Å²) < 4.78 is 39.6. The molecule has 2 nitrogen and oxygen atoms in total. The van der Waals surface area contributed by atoms with E-state index in [0.717, 1.165) is 24.2 Å². The Hall–Kier alpha value is -2.36. The van der Waals surface area contributed by atoms with Gasteiger partial charge in [0.1, 0.15) is 0 Å². The van der Waals surface area contributed by atoms with Crippen molar-refractivity contribution in [2.75, 3.05) is 13.2 Å². The van der Waals surface area contributed by atoms with Crippen LogP contribution in [0.3, 0.4) is 0 Å². The summed E-state index contributed by atoms with van der Waals surface area (Å²) in [4.78, 5) is 0. The fraction of sp³-hybridized carbons (Fsp3) is 0.417. The van der Waals surface area contributed by atoms with Crippen LogP contribution >= 0.6 is 0 Å². The Morgan fingerprint density at radius 1 is 1.00 bits per heavy atom. The summed E-state index contributed by atoms with van der Waals surface area (Å²) in [6.45, 7) is 4.90. The first-order chi connectivity index (χ1) is 13.6. The third-order valence-electron chi connectivity index (χ3n) is 5.17. The summed E-state index contributed by atoms with van der Waals surface area (Å²) in [5, 5.41) is 0. The molecule has 2 aromatic carbocycles. The van der Waals surface area contributed by atoms with Crippen molar-refractivity contribution in [1.29, 1.82) is 0 Å². The van der Waals surface area contributed by atoms with Crippen LogP contribution in [0.4, 0.5) is 8.78 Å². The maximum atomic E-state index is 14.4. The first-order valence-electron chi connectivity index (χ1n) is 10.2. The molecule has 0 fully saturated rings. The summed E-state index contributed by atoms with van der Waals surface area (Å²) in [7, 11) is 0. The molecule has 1 atom stereocenters. The van der Waals surface area contributed by atoms with Crippen molar-refractivity contribution in [3.63, 3.8) is 0 Å². The van der Waals surface area contributed by atoms with Crippen molar-refractivity contribution in [2.45, 2.75) is 51.9 Å². The minimum atomic E-state index is -0.940. The predicted molar refractivity (Wildman–Crippen MR) is 108 cm³/mol. The smallest absolute Gasteiger partial charge is 0.201 e. The zero-order valence-corrected chi connectivity index (χ0v) is 16.6. The van der Waals surface area contributed by atoms with Gasteiger partial charge in [0.25, 0.3) is 0 Å². The topological polar surface area (TPSA) is 18.5 Å². The Balaban J connectivity index is 1.69. The second-order valence-corrected chi connectivity index (χ2v) is 7.17. The molecule has 0 bridgehead atoms. The van der Waals surface area contributed by atoms with Gasteiger partial charge < -0.3 is 9.47 Å². The minimum Gasteiger partial charge on any atom is -0.498 e. The molecule has 0 amide bonds. The first-order valence-corrected chi connectivity index (χ1v) is 10.2. The van der Waals surface area contributed by atoms with Crippen molar-refractivity contribution in [1.82, 2.24) is 0 Å². The van der Waals surface area contributed by atoms with Gasteiger partial charge in [0.05, 0.1) is 19.0 Å². The predicted octanol–water partition coefficient (Wildman–Crippen LogP) is 7.00. The Morgan fingerprint density at radius 2 is 1.79 bits per heavy atom. The Bertz CT molecular complexity index is 812. The Morgan fingerprint density at radius 3 is 2.43 bits per heavy atom. The Labute approximate surface area is 166 Å². The highest BCUT2D eigenvalue weighted by atomic mass is 19.2. The molecule has 28 heavy (non-hydrogen) atoms. The van der Waals surface area contributed by atoms with Gasteiger partial charge in [-0.25, -0.2) is 4.39 Å². The molecule has 1 aliphatic heterocycles. The molecule has 0 saturated carbocycles. The molecule has 0 aromatic heterocycles. The molecule has 3 rings (SSSR count). The molecule has 150 valence electrons. The van der Waals surface area contributed by atoms with E-state index in [0.29, 0.717) is 24.7 Å². The van der Waals surface area contributed by atoms with E-state index in [4.69, 9.17) is 9.47 Å². The minimum absolute atomic E-state index is 0.0544. The van der Waals surface area contributed by atoms with E-state index in [1.54, 1.807) is 13.0 Å². The lowest BCUT2D eigenvalue weighted by atomic mass is 9.92. The van der Waals surface area contributed by atoms with Gasteiger partial charge in [0, 0.05) is 17.9 Å². The third-order valence-corrected chi connectivity index (χ3v) is 5.17. The van der Waals surface area contributed by atoms with Crippen LogP contribution in [-0.2, 0) is 4.74 Å². The van der Waals surface area contributed by atoms with Gasteiger partial charge >= 0.3 is 0 Å². The summed E-state index contributed by atoms with van der Waals surface area (Å²) >= 11 is 0. The quantitative estimate of drug-likeness (QED) is 0.455. The van der Waals surface area contributed by atoms with E-state index in [9.17, 15) is 8.78 Å². The second-order valence-electron chi connectivity index (χ2n) is 7.17. The van der Waals surface area contributed by atoms with E-state index in [1.807, 2.05) is 24.3 Å². The third kappa shape index (κ3) is 4.73. The molecule has 0 N–H and O–H groups in total. The van der Waals surface area contributed by atoms with Crippen molar-refractivity contribution in [3.05, 3.63) is 65.4 Å². The molecular weight excluding hydrogens is 358 g/mol. The average Bonchev–Trinajstić information content (AvgIpc) is 2.73. The molecule has 0 spiro atoms. The van der Waals surface area contributed by atoms with Crippen LogP contribution in [0.25, 0.3) is 11.1 Å². The number of hydrogen-bond donors (Lipinski definition) is 0. The SMILES string of the molecule is CCCCCC1=CCC(c2ccc(-c3ccc(OCC)c(F)c3F)cc2)CO1. The number of rotatable bonds is 8. The molecule has 1 aliphatic rings. The summed E-state index contributed by atoms with van der Waals surface area (Å²) in [5.41, 5.74) is 2.04. The highest BCUT2D eigenvalue weighted by molar-refractivity contribution is 5.65. The standard InChI is InChI=1S/C24H28F2O2/c1-3-5-6-7-20-13-12-19(16-28-20)17-8-10-18(11-9-17)21-14-15-22(27-4-2)24(26)23(21)25/h8-11,13-15,19H,3-7,12,16H2,1-2H3. The van der Waals surface area contributed by atoms with Crippen LogP contribution in [0.2, 0.25) is 0 Å². The van der Waals surface area contributed by atoms with Gasteiger partial charge in [-0.05, 0) is 49.1 Å². The van der Waals surface area contributed by atoms with Crippen molar-refractivity contribution in [3.8, 4) is 16.9 Å². The van der Waals surface area contributed by atoms with E-state index >= 15 is 0 Å². The van der Waals surface area contributed by atoms with Gasteiger partial charge in [-0.15, -0.1) is 0 Å². The molecule has 1 heterocycles. The average molecular weight is 386 g/mol. The number of ether oxygens (including phenoxy) is 2. The van der Waals surface area contributed by atoms with Gasteiger partial charge in [0.2, 0.25) is 5.82 Å². The largest absolute Gasteiger partial charge is 0.498 e. The Kier molecular flexibility index (Phi) is 7.07. The van der Waals surface area contributed by atoms with Crippen LogP contribution in [0.1, 0.15) is 57.4 Å². The van der Waals surface area contributed by atoms with Crippen LogP contribution < -0.4 is 4.74 Å².